The summed E-state index contributed by atoms with van der Waals surface area (Å²) in [4.78, 5) is 28.5. The summed E-state index contributed by atoms with van der Waals surface area (Å²) in [5, 5.41) is 22.6. The van der Waals surface area contributed by atoms with Crippen LogP contribution in [0.2, 0.25) is 0 Å². The zero-order valence-electron chi connectivity index (χ0n) is 14.3. The number of ether oxygens (including phenoxy) is 2. The Kier molecular flexibility index (Phi) is 4.52. The minimum absolute atomic E-state index is 0.101. The number of hydrogen-bond donors (Lipinski definition) is 3. The standard InChI is InChI=1S/C18H19N3O6/c22-10-18-7-9-26-13(14(18)23)16(27-18)21-8-6-12(20-17(21)25)19-15(24)11-4-2-1-3-5-11/h1-6,8,13-14,16,22-23H,7,9-10H2,(H,19,20,24,25)/t13-,14+,16-,18-/m1/s1. The van der Waals surface area contributed by atoms with Gasteiger partial charge in [-0.15, -0.1) is 0 Å². The van der Waals surface area contributed by atoms with Gasteiger partial charge < -0.3 is 25.0 Å². The summed E-state index contributed by atoms with van der Waals surface area (Å²) in [5.41, 5.74) is -1.37. The van der Waals surface area contributed by atoms with Crippen LogP contribution in [0.1, 0.15) is 23.0 Å². The molecule has 0 unspecified atom stereocenters. The molecular weight excluding hydrogens is 354 g/mol. The van der Waals surface area contributed by atoms with Crippen molar-refractivity contribution in [2.24, 2.45) is 0 Å². The first-order valence-corrected chi connectivity index (χ1v) is 8.58. The van der Waals surface area contributed by atoms with Crippen LogP contribution in [0, 0.1) is 0 Å². The number of aliphatic hydroxyl groups excluding tert-OH is 2. The van der Waals surface area contributed by atoms with Gasteiger partial charge in [-0.1, -0.05) is 18.2 Å². The molecule has 1 aromatic heterocycles. The van der Waals surface area contributed by atoms with Gasteiger partial charge in [-0.3, -0.25) is 9.36 Å². The maximum atomic E-state index is 12.5. The molecule has 9 heteroatoms. The Morgan fingerprint density at radius 3 is 2.78 bits per heavy atom. The van der Waals surface area contributed by atoms with Crippen molar-refractivity contribution in [3.05, 3.63) is 58.6 Å². The Hall–Kier alpha value is -2.59. The third-order valence-corrected chi connectivity index (χ3v) is 4.97. The molecule has 1 aromatic carbocycles. The molecule has 1 amide bonds. The summed E-state index contributed by atoms with van der Waals surface area (Å²) in [6, 6.07) is 10.0. The number of benzene rings is 1. The van der Waals surface area contributed by atoms with E-state index in [0.29, 0.717) is 18.6 Å². The molecular formula is C18H19N3O6. The van der Waals surface area contributed by atoms with E-state index in [0.717, 1.165) is 0 Å². The van der Waals surface area contributed by atoms with Crippen molar-refractivity contribution in [3.8, 4) is 0 Å². The highest BCUT2D eigenvalue weighted by molar-refractivity contribution is 6.03. The summed E-state index contributed by atoms with van der Waals surface area (Å²) < 4.78 is 12.5. The Labute approximate surface area is 154 Å². The van der Waals surface area contributed by atoms with Crippen LogP contribution in [0.25, 0.3) is 0 Å². The van der Waals surface area contributed by atoms with Gasteiger partial charge in [0, 0.05) is 18.2 Å². The van der Waals surface area contributed by atoms with Gasteiger partial charge in [0.2, 0.25) is 0 Å². The molecule has 2 bridgehead atoms. The zero-order valence-corrected chi connectivity index (χ0v) is 14.3. The van der Waals surface area contributed by atoms with E-state index in [1.165, 1.54) is 16.8 Å². The fraction of sp³-hybridized carbons (Fsp3) is 0.389. The van der Waals surface area contributed by atoms with E-state index in [1.54, 1.807) is 30.3 Å². The second-order valence-electron chi connectivity index (χ2n) is 6.58. The molecule has 142 valence electrons. The molecule has 0 aliphatic carbocycles. The first-order chi connectivity index (χ1) is 13.0. The molecule has 9 nitrogen and oxygen atoms in total. The van der Waals surface area contributed by atoms with Crippen molar-refractivity contribution in [3.63, 3.8) is 0 Å². The highest BCUT2D eigenvalue weighted by atomic mass is 16.6. The Bertz CT molecular complexity index is 901. The van der Waals surface area contributed by atoms with Crippen molar-refractivity contribution < 1.29 is 24.5 Å². The van der Waals surface area contributed by atoms with Gasteiger partial charge in [-0.2, -0.15) is 4.98 Å². The molecule has 2 aromatic rings. The second kappa shape index (κ2) is 6.86. The Morgan fingerprint density at radius 1 is 1.33 bits per heavy atom. The molecule has 2 aliphatic rings. The minimum Gasteiger partial charge on any atom is -0.393 e. The summed E-state index contributed by atoms with van der Waals surface area (Å²) >= 11 is 0. The molecule has 0 saturated carbocycles. The van der Waals surface area contributed by atoms with Gasteiger partial charge in [-0.05, 0) is 18.2 Å². The van der Waals surface area contributed by atoms with Crippen LogP contribution in [0.5, 0.6) is 0 Å². The van der Waals surface area contributed by atoms with Crippen LogP contribution in [0.4, 0.5) is 5.82 Å². The van der Waals surface area contributed by atoms with E-state index >= 15 is 0 Å². The van der Waals surface area contributed by atoms with Gasteiger partial charge in [-0.25, -0.2) is 4.79 Å². The molecule has 2 aliphatic heterocycles. The zero-order chi connectivity index (χ0) is 19.0. The molecule has 2 fully saturated rings. The number of anilines is 1. The van der Waals surface area contributed by atoms with E-state index in [-0.39, 0.29) is 18.3 Å². The number of nitrogens with zero attached hydrogens (tertiary/aromatic N) is 2. The van der Waals surface area contributed by atoms with Crippen LogP contribution in [0.15, 0.2) is 47.4 Å². The topological polar surface area (TPSA) is 123 Å². The smallest absolute Gasteiger partial charge is 0.351 e. The van der Waals surface area contributed by atoms with Crippen LogP contribution in [0.3, 0.4) is 0 Å². The minimum atomic E-state index is -1.15. The number of amides is 1. The fourth-order valence-electron chi connectivity index (χ4n) is 3.46. The monoisotopic (exact) mass is 373 g/mol. The molecule has 0 radical (unpaired) electrons. The average Bonchev–Trinajstić information content (AvgIpc) is 2.83. The van der Waals surface area contributed by atoms with Gasteiger partial charge in [0.15, 0.2) is 6.23 Å². The van der Waals surface area contributed by atoms with Crippen molar-refractivity contribution in [1.29, 1.82) is 0 Å². The molecule has 3 N–H and O–H groups in total. The van der Waals surface area contributed by atoms with Crippen molar-refractivity contribution in [1.82, 2.24) is 9.55 Å². The predicted molar refractivity (Wildman–Crippen MR) is 93.2 cm³/mol. The summed E-state index contributed by atoms with van der Waals surface area (Å²) in [6.07, 6.45) is -0.998. The summed E-state index contributed by atoms with van der Waals surface area (Å²) in [7, 11) is 0. The van der Waals surface area contributed by atoms with E-state index in [9.17, 15) is 19.8 Å². The molecule has 4 atom stereocenters. The number of rotatable bonds is 4. The van der Waals surface area contributed by atoms with Crippen molar-refractivity contribution in [2.75, 3.05) is 18.5 Å². The highest BCUT2D eigenvalue weighted by Gasteiger charge is 2.58. The molecule has 2 saturated heterocycles. The predicted octanol–water partition coefficient (Wildman–Crippen LogP) is -0.0947. The summed E-state index contributed by atoms with van der Waals surface area (Å²) in [5.74, 6) is -0.282. The van der Waals surface area contributed by atoms with Crippen molar-refractivity contribution >= 4 is 11.7 Å². The number of nitrogens with one attached hydrogen (secondary N) is 1. The number of hydrogen-bond acceptors (Lipinski definition) is 7. The quantitative estimate of drug-likeness (QED) is 0.684. The van der Waals surface area contributed by atoms with Crippen LogP contribution >= 0.6 is 0 Å². The molecule has 4 rings (SSSR count). The Morgan fingerprint density at radius 2 is 2.11 bits per heavy atom. The molecule has 3 heterocycles. The van der Waals surface area contributed by atoms with Gasteiger partial charge in [0.05, 0.1) is 13.2 Å². The molecule has 0 spiro atoms. The normalized spacial score (nSPS) is 29.5. The number of aromatic nitrogens is 2. The van der Waals surface area contributed by atoms with E-state index < -0.39 is 29.7 Å². The first kappa shape index (κ1) is 17.8. The van der Waals surface area contributed by atoms with Gasteiger partial charge in [0.25, 0.3) is 5.91 Å². The van der Waals surface area contributed by atoms with Crippen LogP contribution in [-0.4, -0.2) is 56.7 Å². The lowest BCUT2D eigenvalue weighted by atomic mass is 9.90. The van der Waals surface area contributed by atoms with Crippen LogP contribution in [-0.2, 0) is 9.47 Å². The number of fused-ring (bicyclic) bond motifs is 2. The second-order valence-corrected chi connectivity index (χ2v) is 6.58. The summed E-state index contributed by atoms with van der Waals surface area (Å²) in [6.45, 7) is -0.0654. The number of carbonyl (C=O) groups excluding carboxylic acids is 1. The lowest BCUT2D eigenvalue weighted by molar-refractivity contribution is -0.144. The van der Waals surface area contributed by atoms with E-state index in [1.807, 2.05) is 0 Å². The van der Waals surface area contributed by atoms with Gasteiger partial charge >= 0.3 is 5.69 Å². The third-order valence-electron chi connectivity index (χ3n) is 4.97. The largest absolute Gasteiger partial charge is 0.393 e. The lowest BCUT2D eigenvalue weighted by Gasteiger charge is -2.33. The molecule has 27 heavy (non-hydrogen) atoms. The van der Waals surface area contributed by atoms with E-state index in [4.69, 9.17) is 9.47 Å². The lowest BCUT2D eigenvalue weighted by Crippen LogP contribution is -2.51. The number of aliphatic hydroxyl groups is 2. The Balaban J connectivity index is 1.56. The average molecular weight is 373 g/mol. The highest BCUT2D eigenvalue weighted by Crippen LogP contribution is 2.43. The fourth-order valence-corrected chi connectivity index (χ4v) is 3.46. The maximum Gasteiger partial charge on any atom is 0.351 e. The van der Waals surface area contributed by atoms with Crippen molar-refractivity contribution in [2.45, 2.75) is 30.5 Å². The van der Waals surface area contributed by atoms with Crippen LogP contribution < -0.4 is 11.0 Å². The maximum absolute atomic E-state index is 12.5. The first-order valence-electron chi connectivity index (χ1n) is 8.58. The van der Waals surface area contributed by atoms with E-state index in [2.05, 4.69) is 10.3 Å². The number of carbonyl (C=O) groups is 1. The SMILES string of the molecule is O=C(Nc1ccn([C@@H]2O[C@@]3(CO)CCO[C@@H]2[C@@H]3O)c(=O)n1)c1ccccc1. The third kappa shape index (κ3) is 3.04. The van der Waals surface area contributed by atoms with Gasteiger partial charge in [0.1, 0.15) is 23.6 Å².